The Kier molecular flexibility index (Phi) is 3.04. The standard InChI is InChI=1S/C12H13N5OS/c1-8-14-15-12-17(8)16-11(19-12)5-6-18-10-4-2-3-9(13)7-10/h2-4,7H,5-6,13H2,1H3. The van der Waals surface area contributed by atoms with E-state index in [-0.39, 0.29) is 0 Å². The quantitative estimate of drug-likeness (QED) is 0.733. The van der Waals surface area contributed by atoms with E-state index >= 15 is 0 Å². The Balaban J connectivity index is 1.63. The Morgan fingerprint density at radius 3 is 3.05 bits per heavy atom. The topological polar surface area (TPSA) is 78.3 Å². The first kappa shape index (κ1) is 11.9. The zero-order valence-electron chi connectivity index (χ0n) is 10.4. The molecule has 0 radical (unpaired) electrons. The monoisotopic (exact) mass is 275 g/mol. The van der Waals surface area contributed by atoms with Gasteiger partial charge in [0, 0.05) is 18.2 Å². The maximum absolute atomic E-state index is 5.69. The van der Waals surface area contributed by atoms with Crippen molar-refractivity contribution in [3.63, 3.8) is 0 Å². The SMILES string of the molecule is Cc1nnc2sc(CCOc3cccc(N)c3)nn12. The molecule has 2 aromatic heterocycles. The number of anilines is 1. The van der Waals surface area contributed by atoms with Gasteiger partial charge in [-0.1, -0.05) is 17.4 Å². The zero-order chi connectivity index (χ0) is 13.2. The maximum Gasteiger partial charge on any atom is 0.234 e. The lowest BCUT2D eigenvalue weighted by Crippen LogP contribution is -2.02. The van der Waals surface area contributed by atoms with Crippen LogP contribution in [0.5, 0.6) is 5.75 Å². The number of nitrogen functional groups attached to an aromatic ring is 1. The first-order chi connectivity index (χ1) is 9.22. The van der Waals surface area contributed by atoms with Crippen LogP contribution in [0.3, 0.4) is 0 Å². The molecule has 0 aliphatic heterocycles. The number of benzene rings is 1. The molecule has 98 valence electrons. The molecule has 3 rings (SSSR count). The van der Waals surface area contributed by atoms with E-state index in [0.717, 1.165) is 28.0 Å². The van der Waals surface area contributed by atoms with E-state index in [1.807, 2.05) is 31.2 Å². The summed E-state index contributed by atoms with van der Waals surface area (Å²) in [6, 6.07) is 7.40. The number of ether oxygens (including phenoxy) is 1. The lowest BCUT2D eigenvalue weighted by atomic mass is 10.3. The molecule has 2 heterocycles. The molecule has 0 saturated carbocycles. The van der Waals surface area contributed by atoms with E-state index in [1.54, 1.807) is 4.52 Å². The molecule has 0 bridgehead atoms. The fraction of sp³-hybridized carbons (Fsp3) is 0.250. The number of nitrogens with zero attached hydrogens (tertiary/aromatic N) is 4. The molecule has 19 heavy (non-hydrogen) atoms. The highest BCUT2D eigenvalue weighted by Crippen LogP contribution is 2.17. The highest BCUT2D eigenvalue weighted by Gasteiger charge is 2.08. The third kappa shape index (κ3) is 2.50. The molecule has 0 spiro atoms. The summed E-state index contributed by atoms with van der Waals surface area (Å²) >= 11 is 1.53. The van der Waals surface area contributed by atoms with Gasteiger partial charge in [0.15, 0.2) is 5.82 Å². The maximum atomic E-state index is 5.69. The van der Waals surface area contributed by atoms with Crippen molar-refractivity contribution >= 4 is 22.0 Å². The van der Waals surface area contributed by atoms with E-state index in [9.17, 15) is 0 Å². The molecule has 0 aliphatic carbocycles. The Hall–Kier alpha value is -2.15. The van der Waals surface area contributed by atoms with Gasteiger partial charge in [-0.15, -0.1) is 10.2 Å². The summed E-state index contributed by atoms with van der Waals surface area (Å²) < 4.78 is 7.39. The van der Waals surface area contributed by atoms with E-state index in [4.69, 9.17) is 10.5 Å². The molecule has 0 aliphatic rings. The second-order valence-corrected chi connectivity index (χ2v) is 5.15. The highest BCUT2D eigenvalue weighted by molar-refractivity contribution is 7.16. The molecule has 3 aromatic rings. The number of aromatic nitrogens is 4. The molecule has 1 aromatic carbocycles. The summed E-state index contributed by atoms with van der Waals surface area (Å²) in [5, 5.41) is 13.4. The van der Waals surface area contributed by atoms with Crippen molar-refractivity contribution in [2.24, 2.45) is 0 Å². The van der Waals surface area contributed by atoms with Crippen molar-refractivity contribution < 1.29 is 4.74 Å². The summed E-state index contributed by atoms with van der Waals surface area (Å²) in [4.78, 5) is 0.816. The fourth-order valence-corrected chi connectivity index (χ4v) is 2.58. The molecular formula is C12H13N5OS. The van der Waals surface area contributed by atoms with Crippen LogP contribution >= 0.6 is 11.3 Å². The normalized spacial score (nSPS) is 11.0. The van der Waals surface area contributed by atoms with Crippen LogP contribution < -0.4 is 10.5 Å². The summed E-state index contributed by atoms with van der Waals surface area (Å²) in [6.07, 6.45) is 0.738. The van der Waals surface area contributed by atoms with Gasteiger partial charge >= 0.3 is 0 Å². The second kappa shape index (κ2) is 4.85. The van der Waals surface area contributed by atoms with Crippen LogP contribution in [0.2, 0.25) is 0 Å². The van der Waals surface area contributed by atoms with Crippen LogP contribution in [-0.2, 0) is 6.42 Å². The Morgan fingerprint density at radius 1 is 1.37 bits per heavy atom. The molecule has 6 nitrogen and oxygen atoms in total. The molecule has 0 unspecified atom stereocenters. The molecule has 0 saturated heterocycles. The van der Waals surface area contributed by atoms with Crippen molar-refractivity contribution in [1.82, 2.24) is 19.8 Å². The van der Waals surface area contributed by atoms with Crippen LogP contribution in [0.15, 0.2) is 24.3 Å². The van der Waals surface area contributed by atoms with Gasteiger partial charge in [-0.05, 0) is 19.1 Å². The van der Waals surface area contributed by atoms with Crippen LogP contribution in [0.4, 0.5) is 5.69 Å². The third-order valence-electron chi connectivity index (χ3n) is 2.63. The molecular weight excluding hydrogens is 262 g/mol. The van der Waals surface area contributed by atoms with E-state index < -0.39 is 0 Å². The number of hydrogen-bond acceptors (Lipinski definition) is 6. The molecule has 7 heteroatoms. The minimum absolute atomic E-state index is 0.562. The molecule has 0 fully saturated rings. The Morgan fingerprint density at radius 2 is 2.26 bits per heavy atom. The average molecular weight is 275 g/mol. The number of nitrogens with two attached hydrogens (primary N) is 1. The summed E-state index contributed by atoms with van der Waals surface area (Å²) in [7, 11) is 0. The van der Waals surface area contributed by atoms with Crippen LogP contribution in [0.25, 0.3) is 4.96 Å². The first-order valence-corrected chi connectivity index (χ1v) is 6.70. The fourth-order valence-electron chi connectivity index (χ4n) is 1.72. The average Bonchev–Trinajstić information content (AvgIpc) is 2.92. The summed E-state index contributed by atoms with van der Waals surface area (Å²) in [6.45, 7) is 2.44. The van der Waals surface area contributed by atoms with Crippen molar-refractivity contribution in [1.29, 1.82) is 0 Å². The van der Waals surface area contributed by atoms with Gasteiger partial charge in [0.1, 0.15) is 10.8 Å². The van der Waals surface area contributed by atoms with E-state index in [2.05, 4.69) is 15.3 Å². The minimum Gasteiger partial charge on any atom is -0.493 e. The number of rotatable bonds is 4. The summed E-state index contributed by atoms with van der Waals surface area (Å²) in [5.74, 6) is 1.58. The number of aryl methyl sites for hydroxylation is 1. The van der Waals surface area contributed by atoms with Gasteiger partial charge in [0.25, 0.3) is 0 Å². The van der Waals surface area contributed by atoms with Gasteiger partial charge in [0.2, 0.25) is 4.96 Å². The van der Waals surface area contributed by atoms with Crippen molar-refractivity contribution in [3.8, 4) is 5.75 Å². The largest absolute Gasteiger partial charge is 0.493 e. The summed E-state index contributed by atoms with van der Waals surface area (Å²) in [5.41, 5.74) is 6.39. The molecule has 2 N–H and O–H groups in total. The van der Waals surface area contributed by atoms with Crippen molar-refractivity contribution in [2.75, 3.05) is 12.3 Å². The zero-order valence-corrected chi connectivity index (χ0v) is 11.2. The van der Waals surface area contributed by atoms with Gasteiger partial charge in [-0.2, -0.15) is 9.61 Å². The minimum atomic E-state index is 0.562. The molecule has 0 amide bonds. The first-order valence-electron chi connectivity index (χ1n) is 5.88. The lowest BCUT2D eigenvalue weighted by molar-refractivity contribution is 0.321. The van der Waals surface area contributed by atoms with Crippen LogP contribution in [-0.4, -0.2) is 26.4 Å². The lowest BCUT2D eigenvalue weighted by Gasteiger charge is -2.04. The molecule has 0 atom stereocenters. The van der Waals surface area contributed by atoms with Gasteiger partial charge in [-0.25, -0.2) is 0 Å². The number of hydrogen-bond donors (Lipinski definition) is 1. The van der Waals surface area contributed by atoms with Gasteiger partial charge < -0.3 is 10.5 Å². The van der Waals surface area contributed by atoms with Crippen LogP contribution in [0, 0.1) is 6.92 Å². The van der Waals surface area contributed by atoms with Crippen molar-refractivity contribution in [2.45, 2.75) is 13.3 Å². The van der Waals surface area contributed by atoms with Gasteiger partial charge in [-0.3, -0.25) is 0 Å². The highest BCUT2D eigenvalue weighted by atomic mass is 32.1. The Bertz CT molecular complexity index is 705. The predicted octanol–water partition coefficient (Wildman–Crippen LogP) is 1.70. The number of fused-ring (bicyclic) bond motifs is 1. The van der Waals surface area contributed by atoms with E-state index in [0.29, 0.717) is 12.3 Å². The van der Waals surface area contributed by atoms with E-state index in [1.165, 1.54) is 11.3 Å². The second-order valence-electron chi connectivity index (χ2n) is 4.11. The predicted molar refractivity (Wildman–Crippen MR) is 73.4 cm³/mol. The van der Waals surface area contributed by atoms with Gasteiger partial charge in [0.05, 0.1) is 6.61 Å². The third-order valence-corrected chi connectivity index (χ3v) is 3.59. The van der Waals surface area contributed by atoms with Crippen LogP contribution in [0.1, 0.15) is 10.8 Å². The van der Waals surface area contributed by atoms with Crippen molar-refractivity contribution in [3.05, 3.63) is 35.1 Å². The Labute approximate surface area is 113 Å². The smallest absolute Gasteiger partial charge is 0.234 e.